The minimum atomic E-state index is -0.826. The molecule has 1 atom stereocenters. The standard InChI is InChI=1S/C13H21NO3/c1-10(2)14-7-11-4-3-5-13(6-11)17-9-12(16)8-15/h3-6,10,12,14-16H,7-9H2,1-2H3. The lowest BCUT2D eigenvalue weighted by molar-refractivity contribution is 0.0536. The van der Waals surface area contributed by atoms with E-state index < -0.39 is 6.10 Å². The SMILES string of the molecule is CC(C)NCc1cccc(OCC(O)CO)c1. The van der Waals surface area contributed by atoms with E-state index in [1.54, 1.807) is 0 Å². The molecule has 1 aromatic carbocycles. The van der Waals surface area contributed by atoms with E-state index in [0.29, 0.717) is 11.8 Å². The van der Waals surface area contributed by atoms with Gasteiger partial charge in [0.2, 0.25) is 0 Å². The minimum absolute atomic E-state index is 0.109. The zero-order chi connectivity index (χ0) is 12.7. The summed E-state index contributed by atoms with van der Waals surface area (Å²) in [5, 5.41) is 21.2. The summed E-state index contributed by atoms with van der Waals surface area (Å²) in [7, 11) is 0. The second kappa shape index (κ2) is 7.27. The van der Waals surface area contributed by atoms with Crippen molar-refractivity contribution in [1.29, 1.82) is 0 Å². The second-order valence-electron chi connectivity index (χ2n) is 4.33. The van der Waals surface area contributed by atoms with E-state index >= 15 is 0 Å². The van der Waals surface area contributed by atoms with Crippen molar-refractivity contribution >= 4 is 0 Å². The number of ether oxygens (including phenoxy) is 1. The number of hydrogen-bond donors (Lipinski definition) is 3. The second-order valence-corrected chi connectivity index (χ2v) is 4.33. The Labute approximate surface area is 102 Å². The molecule has 17 heavy (non-hydrogen) atoms. The Hall–Kier alpha value is -1.10. The third-order valence-corrected chi connectivity index (χ3v) is 2.27. The van der Waals surface area contributed by atoms with Gasteiger partial charge in [-0.3, -0.25) is 0 Å². The molecule has 0 saturated carbocycles. The number of rotatable bonds is 7. The first-order chi connectivity index (χ1) is 8.11. The smallest absolute Gasteiger partial charge is 0.119 e. The highest BCUT2D eigenvalue weighted by atomic mass is 16.5. The van der Waals surface area contributed by atoms with Crippen LogP contribution in [0.4, 0.5) is 0 Å². The topological polar surface area (TPSA) is 61.7 Å². The van der Waals surface area contributed by atoms with E-state index in [1.807, 2.05) is 24.3 Å². The lowest BCUT2D eigenvalue weighted by Crippen LogP contribution is -2.22. The normalized spacial score (nSPS) is 12.8. The summed E-state index contributed by atoms with van der Waals surface area (Å²) >= 11 is 0. The van der Waals surface area contributed by atoms with E-state index in [1.165, 1.54) is 0 Å². The fraction of sp³-hybridized carbons (Fsp3) is 0.538. The number of aliphatic hydroxyl groups excluding tert-OH is 2. The molecular formula is C13H21NO3. The van der Waals surface area contributed by atoms with Crippen molar-refractivity contribution in [2.75, 3.05) is 13.2 Å². The first-order valence-electron chi connectivity index (χ1n) is 5.86. The van der Waals surface area contributed by atoms with Crippen LogP contribution < -0.4 is 10.1 Å². The van der Waals surface area contributed by atoms with E-state index in [-0.39, 0.29) is 13.2 Å². The van der Waals surface area contributed by atoms with Crippen LogP contribution >= 0.6 is 0 Å². The molecule has 3 N–H and O–H groups in total. The van der Waals surface area contributed by atoms with Gasteiger partial charge in [-0.2, -0.15) is 0 Å². The summed E-state index contributed by atoms with van der Waals surface area (Å²) in [5.41, 5.74) is 1.13. The molecule has 0 amide bonds. The molecule has 1 unspecified atom stereocenters. The molecule has 4 nitrogen and oxygen atoms in total. The minimum Gasteiger partial charge on any atom is -0.491 e. The van der Waals surface area contributed by atoms with E-state index in [4.69, 9.17) is 9.84 Å². The van der Waals surface area contributed by atoms with Crippen LogP contribution in [0.15, 0.2) is 24.3 Å². The van der Waals surface area contributed by atoms with Crippen molar-refractivity contribution in [3.05, 3.63) is 29.8 Å². The van der Waals surface area contributed by atoms with Gasteiger partial charge >= 0.3 is 0 Å². The van der Waals surface area contributed by atoms with Gasteiger partial charge in [0, 0.05) is 12.6 Å². The Kier molecular flexibility index (Phi) is 5.97. The van der Waals surface area contributed by atoms with Gasteiger partial charge in [0.15, 0.2) is 0 Å². The molecule has 0 heterocycles. The van der Waals surface area contributed by atoms with Gasteiger partial charge in [-0.1, -0.05) is 26.0 Å². The van der Waals surface area contributed by atoms with Gasteiger partial charge in [0.25, 0.3) is 0 Å². The Balaban J connectivity index is 2.47. The van der Waals surface area contributed by atoms with Crippen molar-refractivity contribution in [1.82, 2.24) is 5.32 Å². The average molecular weight is 239 g/mol. The molecule has 0 aliphatic carbocycles. The van der Waals surface area contributed by atoms with E-state index in [2.05, 4.69) is 19.2 Å². The van der Waals surface area contributed by atoms with E-state index in [0.717, 1.165) is 12.1 Å². The maximum absolute atomic E-state index is 9.18. The number of nitrogens with one attached hydrogen (secondary N) is 1. The molecule has 0 spiro atoms. The number of hydrogen-bond acceptors (Lipinski definition) is 4. The first-order valence-corrected chi connectivity index (χ1v) is 5.86. The molecule has 0 aliphatic heterocycles. The maximum Gasteiger partial charge on any atom is 0.119 e. The van der Waals surface area contributed by atoms with Gasteiger partial charge in [-0.15, -0.1) is 0 Å². The van der Waals surface area contributed by atoms with Crippen LogP contribution in [-0.2, 0) is 6.54 Å². The van der Waals surface area contributed by atoms with Gasteiger partial charge < -0.3 is 20.3 Å². The Bertz CT molecular complexity index is 328. The van der Waals surface area contributed by atoms with Crippen LogP contribution in [0, 0.1) is 0 Å². The lowest BCUT2D eigenvalue weighted by Gasteiger charge is -2.12. The summed E-state index contributed by atoms with van der Waals surface area (Å²) in [4.78, 5) is 0. The Morgan fingerprint density at radius 2 is 2.12 bits per heavy atom. The highest BCUT2D eigenvalue weighted by Gasteiger charge is 2.03. The third kappa shape index (κ3) is 5.68. The van der Waals surface area contributed by atoms with Gasteiger partial charge in [-0.05, 0) is 17.7 Å². The zero-order valence-electron chi connectivity index (χ0n) is 10.4. The van der Waals surface area contributed by atoms with Crippen molar-refractivity contribution in [2.24, 2.45) is 0 Å². The maximum atomic E-state index is 9.18. The molecule has 0 aliphatic rings. The fourth-order valence-corrected chi connectivity index (χ4v) is 1.31. The molecular weight excluding hydrogens is 218 g/mol. The van der Waals surface area contributed by atoms with Crippen molar-refractivity contribution in [3.63, 3.8) is 0 Å². The monoisotopic (exact) mass is 239 g/mol. The molecule has 1 rings (SSSR count). The Morgan fingerprint density at radius 3 is 2.76 bits per heavy atom. The summed E-state index contributed by atoms with van der Waals surface area (Å²) < 4.78 is 5.37. The quantitative estimate of drug-likeness (QED) is 0.662. The lowest BCUT2D eigenvalue weighted by atomic mass is 10.2. The van der Waals surface area contributed by atoms with Crippen LogP contribution in [0.5, 0.6) is 5.75 Å². The van der Waals surface area contributed by atoms with Crippen LogP contribution in [0.2, 0.25) is 0 Å². The molecule has 96 valence electrons. The number of benzene rings is 1. The molecule has 1 aromatic rings. The summed E-state index contributed by atoms with van der Waals surface area (Å²) in [6.45, 7) is 4.81. The van der Waals surface area contributed by atoms with Crippen LogP contribution in [0.1, 0.15) is 19.4 Å². The third-order valence-electron chi connectivity index (χ3n) is 2.27. The highest BCUT2D eigenvalue weighted by Crippen LogP contribution is 2.13. The fourth-order valence-electron chi connectivity index (χ4n) is 1.31. The molecule has 0 radical (unpaired) electrons. The Morgan fingerprint density at radius 1 is 1.35 bits per heavy atom. The first kappa shape index (κ1) is 14.0. The van der Waals surface area contributed by atoms with E-state index in [9.17, 15) is 5.11 Å². The summed E-state index contributed by atoms with van der Waals surface area (Å²) in [5.74, 6) is 0.709. The predicted molar refractivity (Wildman–Crippen MR) is 67.0 cm³/mol. The van der Waals surface area contributed by atoms with Crippen LogP contribution in [-0.4, -0.2) is 35.6 Å². The van der Waals surface area contributed by atoms with Gasteiger partial charge in [-0.25, -0.2) is 0 Å². The molecule has 0 fully saturated rings. The van der Waals surface area contributed by atoms with Crippen molar-refractivity contribution in [3.8, 4) is 5.75 Å². The summed E-state index contributed by atoms with van der Waals surface area (Å²) in [6, 6.07) is 8.14. The molecule has 4 heteroatoms. The van der Waals surface area contributed by atoms with Crippen LogP contribution in [0.25, 0.3) is 0 Å². The highest BCUT2D eigenvalue weighted by molar-refractivity contribution is 5.28. The number of aliphatic hydroxyl groups is 2. The zero-order valence-corrected chi connectivity index (χ0v) is 10.4. The predicted octanol–water partition coefficient (Wildman–Crippen LogP) is 0.917. The molecule has 0 aromatic heterocycles. The molecule has 0 saturated heterocycles. The largest absolute Gasteiger partial charge is 0.491 e. The van der Waals surface area contributed by atoms with Gasteiger partial charge in [0.05, 0.1) is 6.61 Å². The molecule has 0 bridgehead atoms. The van der Waals surface area contributed by atoms with Crippen LogP contribution in [0.3, 0.4) is 0 Å². The summed E-state index contributed by atoms with van der Waals surface area (Å²) in [6.07, 6.45) is -0.826. The van der Waals surface area contributed by atoms with Crippen molar-refractivity contribution in [2.45, 2.75) is 32.5 Å². The van der Waals surface area contributed by atoms with Crippen molar-refractivity contribution < 1.29 is 14.9 Å². The van der Waals surface area contributed by atoms with Gasteiger partial charge in [0.1, 0.15) is 18.5 Å². The average Bonchev–Trinajstić information content (AvgIpc) is 2.34.